The molecule has 8 nitrogen and oxygen atoms in total. The summed E-state index contributed by atoms with van der Waals surface area (Å²) in [6, 6.07) is 11.6. The molecule has 0 fully saturated rings. The van der Waals surface area contributed by atoms with Crippen LogP contribution in [0.25, 0.3) is 10.2 Å². The third kappa shape index (κ3) is 3.78. The second-order valence-electron chi connectivity index (χ2n) is 6.11. The fourth-order valence-electron chi connectivity index (χ4n) is 2.66. The van der Waals surface area contributed by atoms with Crippen LogP contribution in [0.4, 0.5) is 26.8 Å². The zero-order valence-corrected chi connectivity index (χ0v) is 16.0. The molecule has 4 aromatic rings. The second-order valence-corrected chi connectivity index (χ2v) is 7.14. The number of nitrogens with zero attached hydrogens (tertiary/aromatic N) is 3. The van der Waals surface area contributed by atoms with E-state index in [1.807, 2.05) is 25.1 Å². The Morgan fingerprint density at radius 2 is 1.90 bits per heavy atom. The molecule has 0 radical (unpaired) electrons. The molecule has 4 rings (SSSR count). The van der Waals surface area contributed by atoms with Gasteiger partial charge in [0.15, 0.2) is 16.8 Å². The first-order valence-corrected chi connectivity index (χ1v) is 9.39. The van der Waals surface area contributed by atoms with Crippen molar-refractivity contribution in [2.75, 3.05) is 16.5 Å². The van der Waals surface area contributed by atoms with Crippen molar-refractivity contribution in [1.82, 2.24) is 20.4 Å². The molecule has 0 aliphatic rings. The number of aromatic nitrogens is 3. The average Bonchev–Trinajstić information content (AvgIpc) is 3.13. The van der Waals surface area contributed by atoms with E-state index in [2.05, 4.69) is 31.1 Å². The number of hydrogen-bond acceptors (Lipinski definition) is 8. The summed E-state index contributed by atoms with van der Waals surface area (Å²) in [5, 5.41) is 3.70. The maximum atomic E-state index is 13.7. The first-order chi connectivity index (χ1) is 14.0. The number of fused-ring (bicyclic) bond motifs is 1. The molecule has 29 heavy (non-hydrogen) atoms. The highest BCUT2D eigenvalue weighted by molar-refractivity contribution is 7.22. The van der Waals surface area contributed by atoms with Gasteiger partial charge in [-0.3, -0.25) is 15.6 Å². The summed E-state index contributed by atoms with van der Waals surface area (Å²) < 4.78 is 14.8. The molecular weight excluding hydrogens is 393 g/mol. The Labute approximate surface area is 169 Å². The number of halogens is 1. The van der Waals surface area contributed by atoms with Crippen molar-refractivity contribution in [2.45, 2.75) is 6.92 Å². The van der Waals surface area contributed by atoms with Gasteiger partial charge in [0.25, 0.3) is 5.91 Å². The maximum absolute atomic E-state index is 13.7. The van der Waals surface area contributed by atoms with Gasteiger partial charge in [-0.25, -0.2) is 19.3 Å². The Bertz CT molecular complexity index is 1210. The number of nitrogens with one attached hydrogen (secondary N) is 3. The molecule has 0 aliphatic heterocycles. The van der Waals surface area contributed by atoms with E-state index in [9.17, 15) is 9.18 Å². The van der Waals surface area contributed by atoms with E-state index in [4.69, 9.17) is 5.73 Å². The van der Waals surface area contributed by atoms with Gasteiger partial charge in [-0.05, 0) is 30.7 Å². The fourth-order valence-corrected chi connectivity index (χ4v) is 3.61. The number of amides is 1. The lowest BCUT2D eigenvalue weighted by molar-refractivity contribution is 0.0958. The third-order valence-corrected chi connectivity index (χ3v) is 5.08. The number of carbonyl (C=O) groups is 1. The van der Waals surface area contributed by atoms with Crippen LogP contribution < -0.4 is 21.9 Å². The van der Waals surface area contributed by atoms with E-state index in [0.29, 0.717) is 10.9 Å². The van der Waals surface area contributed by atoms with Gasteiger partial charge in [0, 0.05) is 0 Å². The lowest BCUT2D eigenvalue weighted by Crippen LogP contribution is -2.31. The highest BCUT2D eigenvalue weighted by atomic mass is 32.1. The molecule has 0 saturated heterocycles. The quantitative estimate of drug-likeness (QED) is 0.372. The molecule has 146 valence electrons. The van der Waals surface area contributed by atoms with E-state index < -0.39 is 11.7 Å². The Hall–Kier alpha value is -3.79. The molecule has 0 atom stereocenters. The van der Waals surface area contributed by atoms with E-state index in [1.54, 1.807) is 6.07 Å². The number of nitrogens with two attached hydrogens (primary N) is 1. The highest BCUT2D eigenvalue weighted by Crippen LogP contribution is 2.32. The van der Waals surface area contributed by atoms with Gasteiger partial charge in [-0.15, -0.1) is 0 Å². The number of para-hydroxylation sites is 1. The monoisotopic (exact) mass is 409 g/mol. The maximum Gasteiger partial charge on any atom is 0.272 e. The van der Waals surface area contributed by atoms with Gasteiger partial charge in [-0.2, -0.15) is 0 Å². The van der Waals surface area contributed by atoms with Gasteiger partial charge in [0.1, 0.15) is 17.8 Å². The molecule has 2 aromatic carbocycles. The molecule has 0 saturated carbocycles. The van der Waals surface area contributed by atoms with Gasteiger partial charge in [-0.1, -0.05) is 35.6 Å². The number of nitrogen functional groups attached to an aromatic ring is 1. The van der Waals surface area contributed by atoms with Crippen LogP contribution in [0.1, 0.15) is 15.9 Å². The van der Waals surface area contributed by atoms with Crippen LogP contribution >= 0.6 is 11.3 Å². The molecule has 2 aromatic heterocycles. The highest BCUT2D eigenvalue weighted by Gasteiger charge is 2.14. The first kappa shape index (κ1) is 18.6. The van der Waals surface area contributed by atoms with Crippen molar-refractivity contribution < 1.29 is 9.18 Å². The van der Waals surface area contributed by atoms with Crippen LogP contribution in [0.3, 0.4) is 0 Å². The minimum Gasteiger partial charge on any atom is -0.393 e. The summed E-state index contributed by atoms with van der Waals surface area (Å²) in [4.78, 5) is 24.8. The van der Waals surface area contributed by atoms with Crippen LogP contribution in [0.15, 0.2) is 48.8 Å². The third-order valence-electron chi connectivity index (χ3n) is 4.14. The van der Waals surface area contributed by atoms with Gasteiger partial charge in [0.2, 0.25) is 0 Å². The van der Waals surface area contributed by atoms with Crippen LogP contribution in [0.2, 0.25) is 0 Å². The van der Waals surface area contributed by atoms with E-state index >= 15 is 0 Å². The Morgan fingerprint density at radius 3 is 2.69 bits per heavy atom. The van der Waals surface area contributed by atoms with Gasteiger partial charge < -0.3 is 11.1 Å². The van der Waals surface area contributed by atoms with Crippen LogP contribution in [-0.2, 0) is 0 Å². The number of carbonyl (C=O) groups excluding carboxylic acids is 1. The summed E-state index contributed by atoms with van der Waals surface area (Å²) in [5.74, 6) is -0.781. The summed E-state index contributed by atoms with van der Waals surface area (Å²) in [5.41, 5.74) is 13.1. The predicted molar refractivity (Wildman–Crippen MR) is 112 cm³/mol. The molecule has 2 heterocycles. The van der Waals surface area contributed by atoms with Crippen molar-refractivity contribution in [3.8, 4) is 0 Å². The largest absolute Gasteiger partial charge is 0.393 e. The minimum absolute atomic E-state index is 0.101. The SMILES string of the molecule is Cc1cccc2sc(Nc3ncnc(NNC(=O)c4ccccc4F)c3N)nc12. The minimum atomic E-state index is -0.655. The zero-order valence-electron chi connectivity index (χ0n) is 15.2. The molecule has 1 amide bonds. The van der Waals surface area contributed by atoms with E-state index in [-0.39, 0.29) is 17.1 Å². The normalized spacial score (nSPS) is 10.7. The lowest BCUT2D eigenvalue weighted by atomic mass is 10.2. The van der Waals surface area contributed by atoms with Crippen molar-refractivity contribution in [3.63, 3.8) is 0 Å². The number of rotatable bonds is 5. The van der Waals surface area contributed by atoms with Crippen molar-refractivity contribution >= 4 is 49.9 Å². The standard InChI is InChI=1S/C19H16FN7OS/c1-10-5-4-8-13-15(10)24-19(29-13)25-16-14(21)17(23-9-22-16)26-27-18(28)11-6-2-3-7-12(11)20/h2-9H,21H2,1H3,(H,27,28)(H2,22,23,24,25,26). The van der Waals surface area contributed by atoms with Gasteiger partial charge in [0.05, 0.1) is 15.8 Å². The number of thiazole rings is 1. The molecule has 0 unspecified atom stereocenters. The predicted octanol–water partition coefficient (Wildman–Crippen LogP) is 3.62. The molecular formula is C19H16FN7OS. The van der Waals surface area contributed by atoms with Crippen molar-refractivity contribution in [1.29, 1.82) is 0 Å². The summed E-state index contributed by atoms with van der Waals surface area (Å²) >= 11 is 1.47. The van der Waals surface area contributed by atoms with Crippen molar-refractivity contribution in [2.24, 2.45) is 0 Å². The summed E-state index contributed by atoms with van der Waals surface area (Å²) in [6.07, 6.45) is 1.29. The van der Waals surface area contributed by atoms with Gasteiger partial charge >= 0.3 is 0 Å². The number of anilines is 4. The smallest absolute Gasteiger partial charge is 0.272 e. The number of aryl methyl sites for hydroxylation is 1. The number of hydrogen-bond donors (Lipinski definition) is 4. The molecule has 0 bridgehead atoms. The van der Waals surface area contributed by atoms with Crippen molar-refractivity contribution in [3.05, 3.63) is 65.7 Å². The molecule has 0 spiro atoms. The van der Waals surface area contributed by atoms with E-state index in [1.165, 1.54) is 35.9 Å². The Morgan fingerprint density at radius 1 is 1.10 bits per heavy atom. The number of benzene rings is 2. The molecule has 10 heteroatoms. The lowest BCUT2D eigenvalue weighted by Gasteiger charge is -2.12. The average molecular weight is 409 g/mol. The Balaban J connectivity index is 1.52. The fraction of sp³-hybridized carbons (Fsp3) is 0.0526. The van der Waals surface area contributed by atoms with Crippen LogP contribution in [-0.4, -0.2) is 20.9 Å². The van der Waals surface area contributed by atoms with Crippen LogP contribution in [0.5, 0.6) is 0 Å². The van der Waals surface area contributed by atoms with E-state index in [0.717, 1.165) is 15.8 Å². The number of hydrazine groups is 1. The summed E-state index contributed by atoms with van der Waals surface area (Å²) in [7, 11) is 0. The molecule has 0 aliphatic carbocycles. The van der Waals surface area contributed by atoms with Crippen LogP contribution in [0, 0.1) is 12.7 Å². The first-order valence-electron chi connectivity index (χ1n) is 8.57. The topological polar surface area (TPSA) is 118 Å². The zero-order chi connectivity index (χ0) is 20.4. The molecule has 5 N–H and O–H groups in total. The second kappa shape index (κ2) is 7.68. The summed E-state index contributed by atoms with van der Waals surface area (Å²) in [6.45, 7) is 1.99. The Kier molecular flexibility index (Phi) is 4.92.